The van der Waals surface area contributed by atoms with Crippen LogP contribution in [0, 0.1) is 6.92 Å². The highest BCUT2D eigenvalue weighted by atomic mass is 16.6. The van der Waals surface area contributed by atoms with Crippen molar-refractivity contribution in [2.24, 2.45) is 0 Å². The predicted octanol–water partition coefficient (Wildman–Crippen LogP) is 4.74. The SMILES string of the molecule is Cc1cccc(C2(O)CN(C(C)Cc3ccc(OCCOCCc4ccccc4)cc3)CCO2)c1. The molecule has 1 saturated heterocycles. The molecule has 2 unspecified atom stereocenters. The highest BCUT2D eigenvalue weighted by Crippen LogP contribution is 2.29. The molecule has 5 heteroatoms. The van der Waals surface area contributed by atoms with Crippen molar-refractivity contribution in [1.82, 2.24) is 4.90 Å². The van der Waals surface area contributed by atoms with E-state index in [4.69, 9.17) is 14.2 Å². The van der Waals surface area contributed by atoms with Crippen LogP contribution in [-0.2, 0) is 28.1 Å². The van der Waals surface area contributed by atoms with E-state index in [1.807, 2.05) is 49.4 Å². The summed E-state index contributed by atoms with van der Waals surface area (Å²) in [6.45, 7) is 7.83. The fourth-order valence-corrected chi connectivity index (χ4v) is 4.52. The van der Waals surface area contributed by atoms with Gasteiger partial charge >= 0.3 is 0 Å². The maximum atomic E-state index is 11.2. The molecule has 0 bridgehead atoms. The van der Waals surface area contributed by atoms with Crippen LogP contribution in [0.2, 0.25) is 0 Å². The third kappa shape index (κ3) is 7.39. The Hall–Kier alpha value is -2.70. The number of ether oxygens (including phenoxy) is 3. The molecule has 2 atom stereocenters. The van der Waals surface area contributed by atoms with Gasteiger partial charge in [-0.25, -0.2) is 0 Å². The number of hydrogen-bond acceptors (Lipinski definition) is 5. The van der Waals surface area contributed by atoms with E-state index in [2.05, 4.69) is 48.2 Å². The summed E-state index contributed by atoms with van der Waals surface area (Å²) in [7, 11) is 0. The van der Waals surface area contributed by atoms with Gasteiger partial charge in [-0.3, -0.25) is 4.90 Å². The molecule has 1 N–H and O–H groups in total. The van der Waals surface area contributed by atoms with Gasteiger partial charge in [-0.1, -0.05) is 72.3 Å². The highest BCUT2D eigenvalue weighted by Gasteiger charge is 2.37. The first-order valence-electron chi connectivity index (χ1n) is 12.5. The van der Waals surface area contributed by atoms with Crippen LogP contribution in [0.4, 0.5) is 0 Å². The van der Waals surface area contributed by atoms with Gasteiger partial charge in [0.1, 0.15) is 12.4 Å². The summed E-state index contributed by atoms with van der Waals surface area (Å²) in [6.07, 6.45) is 1.81. The third-order valence-corrected chi connectivity index (χ3v) is 6.56. The molecule has 0 radical (unpaired) electrons. The minimum absolute atomic E-state index is 0.278. The summed E-state index contributed by atoms with van der Waals surface area (Å²) < 4.78 is 17.4. The summed E-state index contributed by atoms with van der Waals surface area (Å²) >= 11 is 0. The first-order valence-corrected chi connectivity index (χ1v) is 12.5. The smallest absolute Gasteiger partial charge is 0.205 e. The van der Waals surface area contributed by atoms with Crippen LogP contribution in [0.15, 0.2) is 78.9 Å². The molecule has 186 valence electrons. The van der Waals surface area contributed by atoms with Gasteiger partial charge < -0.3 is 19.3 Å². The van der Waals surface area contributed by atoms with Gasteiger partial charge in [0.15, 0.2) is 0 Å². The van der Waals surface area contributed by atoms with Crippen molar-refractivity contribution in [3.8, 4) is 5.75 Å². The summed E-state index contributed by atoms with van der Waals surface area (Å²) in [5.41, 5.74) is 4.47. The van der Waals surface area contributed by atoms with Crippen LogP contribution in [0.5, 0.6) is 5.75 Å². The van der Waals surface area contributed by atoms with Crippen molar-refractivity contribution in [1.29, 1.82) is 0 Å². The molecule has 3 aromatic carbocycles. The summed E-state index contributed by atoms with van der Waals surface area (Å²) in [5, 5.41) is 11.2. The molecular weight excluding hydrogens is 438 g/mol. The lowest BCUT2D eigenvalue weighted by Crippen LogP contribution is -2.53. The molecule has 5 nitrogen and oxygen atoms in total. The molecule has 1 fully saturated rings. The van der Waals surface area contributed by atoms with Crippen molar-refractivity contribution >= 4 is 0 Å². The average Bonchev–Trinajstić information content (AvgIpc) is 2.88. The van der Waals surface area contributed by atoms with Gasteiger partial charge in [0.05, 0.1) is 26.4 Å². The Bertz CT molecular complexity index is 1040. The molecule has 3 aromatic rings. The lowest BCUT2D eigenvalue weighted by molar-refractivity contribution is -0.251. The van der Waals surface area contributed by atoms with Crippen LogP contribution < -0.4 is 4.74 Å². The van der Waals surface area contributed by atoms with Crippen molar-refractivity contribution in [2.75, 3.05) is 39.5 Å². The molecule has 0 aliphatic carbocycles. The van der Waals surface area contributed by atoms with Gasteiger partial charge in [0.2, 0.25) is 5.79 Å². The van der Waals surface area contributed by atoms with Gasteiger partial charge in [-0.2, -0.15) is 0 Å². The Labute approximate surface area is 209 Å². The second kappa shape index (κ2) is 12.3. The van der Waals surface area contributed by atoms with E-state index >= 15 is 0 Å². The molecule has 0 spiro atoms. The van der Waals surface area contributed by atoms with Gasteiger partial charge in [-0.05, 0) is 49.9 Å². The fourth-order valence-electron chi connectivity index (χ4n) is 4.52. The number of hydrogen-bond donors (Lipinski definition) is 1. The lowest BCUT2D eigenvalue weighted by atomic mass is 9.99. The Morgan fingerprint density at radius 3 is 2.51 bits per heavy atom. The number of rotatable bonds is 11. The average molecular weight is 476 g/mol. The molecule has 1 aliphatic heterocycles. The first kappa shape index (κ1) is 25.4. The lowest BCUT2D eigenvalue weighted by Gasteiger charge is -2.42. The van der Waals surface area contributed by atoms with Crippen LogP contribution in [0.3, 0.4) is 0 Å². The number of aliphatic hydroxyl groups is 1. The van der Waals surface area contributed by atoms with E-state index < -0.39 is 5.79 Å². The Balaban J connectivity index is 1.20. The zero-order valence-electron chi connectivity index (χ0n) is 20.9. The summed E-state index contributed by atoms with van der Waals surface area (Å²) in [4.78, 5) is 2.31. The number of aryl methyl sites for hydroxylation is 1. The Morgan fingerprint density at radius 2 is 1.74 bits per heavy atom. The quantitative estimate of drug-likeness (QED) is 0.406. The number of nitrogens with zero attached hydrogens (tertiary/aromatic N) is 1. The Kier molecular flexibility index (Phi) is 8.94. The minimum atomic E-state index is -1.26. The van der Waals surface area contributed by atoms with Crippen LogP contribution in [0.1, 0.15) is 29.2 Å². The van der Waals surface area contributed by atoms with Crippen molar-refractivity contribution in [2.45, 2.75) is 38.5 Å². The van der Waals surface area contributed by atoms with Gasteiger partial charge in [0, 0.05) is 18.2 Å². The largest absolute Gasteiger partial charge is 0.491 e. The molecule has 1 heterocycles. The topological polar surface area (TPSA) is 51.2 Å². The minimum Gasteiger partial charge on any atom is -0.491 e. The molecule has 0 saturated carbocycles. The van der Waals surface area contributed by atoms with Gasteiger partial charge in [0.25, 0.3) is 0 Å². The van der Waals surface area contributed by atoms with Crippen LogP contribution >= 0.6 is 0 Å². The first-order chi connectivity index (χ1) is 17.0. The molecule has 0 amide bonds. The second-order valence-electron chi connectivity index (χ2n) is 9.37. The molecule has 1 aliphatic rings. The van der Waals surface area contributed by atoms with Gasteiger partial charge in [-0.15, -0.1) is 0 Å². The fraction of sp³-hybridized carbons (Fsp3) is 0.400. The third-order valence-electron chi connectivity index (χ3n) is 6.56. The number of morpholine rings is 1. The predicted molar refractivity (Wildman–Crippen MR) is 139 cm³/mol. The highest BCUT2D eigenvalue weighted by molar-refractivity contribution is 5.28. The maximum Gasteiger partial charge on any atom is 0.205 e. The van der Waals surface area contributed by atoms with Crippen molar-refractivity contribution in [3.63, 3.8) is 0 Å². The molecule has 35 heavy (non-hydrogen) atoms. The zero-order valence-corrected chi connectivity index (χ0v) is 20.9. The van der Waals surface area contributed by atoms with E-state index in [1.165, 1.54) is 11.1 Å². The monoisotopic (exact) mass is 475 g/mol. The van der Waals surface area contributed by atoms with Crippen molar-refractivity contribution in [3.05, 3.63) is 101 Å². The van der Waals surface area contributed by atoms with E-state index in [9.17, 15) is 5.11 Å². The van der Waals surface area contributed by atoms with Crippen molar-refractivity contribution < 1.29 is 19.3 Å². The molecule has 0 aromatic heterocycles. The van der Waals surface area contributed by atoms with Crippen LogP contribution in [-0.4, -0.2) is 55.6 Å². The summed E-state index contributed by atoms with van der Waals surface area (Å²) in [6, 6.07) is 26.9. The van der Waals surface area contributed by atoms with Crippen LogP contribution in [0.25, 0.3) is 0 Å². The van der Waals surface area contributed by atoms with E-state index in [0.29, 0.717) is 33.0 Å². The summed E-state index contributed by atoms with van der Waals surface area (Å²) in [5.74, 6) is -0.410. The maximum absolute atomic E-state index is 11.2. The number of β-amino-alcohol motifs (C(OH)–C–C–N with tert-alkyl or cyclic N) is 1. The zero-order chi connectivity index (χ0) is 24.5. The Morgan fingerprint density at radius 1 is 0.943 bits per heavy atom. The second-order valence-corrected chi connectivity index (χ2v) is 9.37. The molecule has 4 rings (SSSR count). The van der Waals surface area contributed by atoms with E-state index in [0.717, 1.165) is 36.3 Å². The van der Waals surface area contributed by atoms with E-state index in [-0.39, 0.29) is 6.04 Å². The number of benzene rings is 3. The normalized spacial score (nSPS) is 19.4. The standard InChI is InChI=1S/C30H37NO4/c1-24-7-6-10-28(21-24)30(32)23-31(16-18-35-30)25(2)22-27-11-13-29(14-12-27)34-20-19-33-17-15-26-8-4-3-5-9-26/h3-14,21,25,32H,15-20,22-23H2,1-2H3. The van der Waals surface area contributed by atoms with E-state index in [1.54, 1.807) is 0 Å². The molecular formula is C30H37NO4.